The van der Waals surface area contributed by atoms with E-state index in [0.29, 0.717) is 0 Å². The van der Waals surface area contributed by atoms with E-state index in [4.69, 9.17) is 9.47 Å². The van der Waals surface area contributed by atoms with Gasteiger partial charge in [-0.3, -0.25) is 19.2 Å². The van der Waals surface area contributed by atoms with Gasteiger partial charge in [-0.15, -0.1) is 0 Å². The van der Waals surface area contributed by atoms with E-state index in [0.717, 1.165) is 27.7 Å². The summed E-state index contributed by atoms with van der Waals surface area (Å²) in [5.74, 6) is -4.28. The molecule has 9 nitrogen and oxygen atoms in total. The first-order valence-electron chi connectivity index (χ1n) is 6.91. The molecule has 0 bridgehead atoms. The van der Waals surface area contributed by atoms with Crippen molar-refractivity contribution in [1.29, 1.82) is 0 Å². The molecule has 5 atom stereocenters. The molecule has 1 aliphatic heterocycles. The zero-order valence-corrected chi connectivity index (χ0v) is 15.1. The van der Waals surface area contributed by atoms with E-state index >= 15 is 0 Å². The third-order valence-electron chi connectivity index (χ3n) is 4.20. The molecule has 0 saturated carbocycles. The highest BCUT2D eigenvalue weighted by atomic mass is 79.9. The molecular formula is C14H19BrO9. The Morgan fingerprint density at radius 2 is 1.42 bits per heavy atom. The summed E-state index contributed by atoms with van der Waals surface area (Å²) < 4.78 is 9.91. The lowest BCUT2D eigenvalue weighted by atomic mass is 9.62. The first kappa shape index (κ1) is 20.8. The van der Waals surface area contributed by atoms with Gasteiger partial charge < -0.3 is 24.8 Å². The molecular weight excluding hydrogens is 392 g/mol. The van der Waals surface area contributed by atoms with Gasteiger partial charge in [-0.05, 0) is 20.8 Å². The highest BCUT2D eigenvalue weighted by Crippen LogP contribution is 2.48. The number of carbonyl (C=O) groups excluding carboxylic acids is 4. The second-order valence-electron chi connectivity index (χ2n) is 5.66. The smallest absolute Gasteiger partial charge is 0.302 e. The largest absolute Gasteiger partial charge is 0.463 e. The second kappa shape index (κ2) is 6.60. The summed E-state index contributed by atoms with van der Waals surface area (Å²) in [6, 6.07) is 0. The quantitative estimate of drug-likeness (QED) is 0.368. The van der Waals surface area contributed by atoms with Crippen molar-refractivity contribution in [2.45, 2.75) is 55.6 Å². The Balaban J connectivity index is 3.66. The standard InChI is InChI=1S/C14H19BrO9/c1-6(16)12(20)10(5-23-9(4)19)24-11(15)13(21,7(2)17)14(12,22)8(3)18/h10-11,20-22H,5H2,1-4H3/t10-,11?,12-,13+,14+/m1/s1. The molecule has 10 heteroatoms. The van der Waals surface area contributed by atoms with Crippen LogP contribution in [-0.2, 0) is 28.7 Å². The first-order chi connectivity index (χ1) is 10.8. The summed E-state index contributed by atoms with van der Waals surface area (Å²) in [5.41, 5.74) is -9.21. The van der Waals surface area contributed by atoms with E-state index in [1.165, 1.54) is 0 Å². The van der Waals surface area contributed by atoms with E-state index in [1.54, 1.807) is 0 Å². The molecule has 0 aromatic rings. The second-order valence-corrected chi connectivity index (χ2v) is 6.49. The van der Waals surface area contributed by atoms with Crippen molar-refractivity contribution in [3.05, 3.63) is 0 Å². The zero-order valence-electron chi connectivity index (χ0n) is 13.5. The number of halogens is 1. The Hall–Kier alpha value is -1.20. The van der Waals surface area contributed by atoms with Crippen LogP contribution in [0.2, 0.25) is 0 Å². The van der Waals surface area contributed by atoms with Crippen LogP contribution in [0.3, 0.4) is 0 Å². The number of aliphatic hydroxyl groups is 3. The SMILES string of the molecule is CC(=O)OC[C@H]1OC(Br)[C@@](O)(C(C)=O)[C@](O)(C(C)=O)[C@@]1(O)C(C)=O. The van der Waals surface area contributed by atoms with Crippen molar-refractivity contribution >= 4 is 39.2 Å². The summed E-state index contributed by atoms with van der Waals surface area (Å²) in [6.07, 6.45) is -1.71. The molecule has 0 aliphatic carbocycles. The summed E-state index contributed by atoms with van der Waals surface area (Å²) in [7, 11) is 0. The molecule has 1 fully saturated rings. The average Bonchev–Trinajstić information content (AvgIpc) is 2.46. The molecule has 0 aromatic heterocycles. The number of hydrogen-bond donors (Lipinski definition) is 3. The number of Topliss-reactive ketones (excluding diaryl/α,β-unsaturated/α-hetero) is 3. The number of hydrogen-bond acceptors (Lipinski definition) is 9. The number of rotatable bonds is 5. The van der Waals surface area contributed by atoms with Crippen molar-refractivity contribution in [2.75, 3.05) is 6.61 Å². The molecule has 1 heterocycles. The molecule has 1 saturated heterocycles. The molecule has 0 radical (unpaired) electrons. The fourth-order valence-electron chi connectivity index (χ4n) is 2.81. The topological polar surface area (TPSA) is 147 Å². The molecule has 0 aromatic carbocycles. The van der Waals surface area contributed by atoms with Crippen LogP contribution in [-0.4, -0.2) is 73.2 Å². The van der Waals surface area contributed by atoms with Crippen LogP contribution in [0.5, 0.6) is 0 Å². The van der Waals surface area contributed by atoms with Gasteiger partial charge in [-0.25, -0.2) is 0 Å². The molecule has 24 heavy (non-hydrogen) atoms. The van der Waals surface area contributed by atoms with E-state index in [2.05, 4.69) is 15.9 Å². The van der Waals surface area contributed by atoms with Crippen molar-refractivity contribution in [1.82, 2.24) is 0 Å². The molecule has 0 spiro atoms. The number of ketones is 3. The van der Waals surface area contributed by atoms with Crippen LogP contribution < -0.4 is 0 Å². The van der Waals surface area contributed by atoms with Gasteiger partial charge in [-0.2, -0.15) is 0 Å². The summed E-state index contributed by atoms with van der Waals surface area (Å²) in [4.78, 5) is 47.2. The monoisotopic (exact) mass is 410 g/mol. The van der Waals surface area contributed by atoms with Gasteiger partial charge in [0, 0.05) is 6.92 Å². The highest BCUT2D eigenvalue weighted by Gasteiger charge is 2.77. The van der Waals surface area contributed by atoms with E-state index in [-0.39, 0.29) is 0 Å². The number of ether oxygens (including phenoxy) is 2. The fourth-order valence-corrected chi connectivity index (χ4v) is 3.73. The maximum atomic E-state index is 12.1. The highest BCUT2D eigenvalue weighted by molar-refractivity contribution is 9.09. The number of esters is 1. The van der Waals surface area contributed by atoms with Gasteiger partial charge >= 0.3 is 5.97 Å². The molecule has 3 N–H and O–H groups in total. The third kappa shape index (κ3) is 2.62. The van der Waals surface area contributed by atoms with Gasteiger partial charge in [0.05, 0.1) is 0 Å². The van der Waals surface area contributed by atoms with E-state index in [1.807, 2.05) is 0 Å². The lowest BCUT2D eigenvalue weighted by Crippen LogP contribution is -2.85. The molecule has 136 valence electrons. The van der Waals surface area contributed by atoms with Gasteiger partial charge in [0.25, 0.3) is 0 Å². The maximum Gasteiger partial charge on any atom is 0.302 e. The first-order valence-corrected chi connectivity index (χ1v) is 7.82. The predicted molar refractivity (Wildman–Crippen MR) is 81.1 cm³/mol. The minimum atomic E-state index is -3.23. The van der Waals surface area contributed by atoms with Crippen LogP contribution in [0, 0.1) is 0 Å². The third-order valence-corrected chi connectivity index (χ3v) is 5.08. The fraction of sp³-hybridized carbons (Fsp3) is 0.714. The van der Waals surface area contributed by atoms with Crippen LogP contribution in [0.25, 0.3) is 0 Å². The summed E-state index contributed by atoms with van der Waals surface area (Å²) >= 11 is 2.84. The Bertz CT molecular complexity index is 591. The van der Waals surface area contributed by atoms with Crippen LogP contribution in [0.15, 0.2) is 0 Å². The van der Waals surface area contributed by atoms with Gasteiger partial charge in [-0.1, -0.05) is 15.9 Å². The molecule has 1 unspecified atom stereocenters. The van der Waals surface area contributed by atoms with E-state index in [9.17, 15) is 34.5 Å². The van der Waals surface area contributed by atoms with Crippen LogP contribution in [0.4, 0.5) is 0 Å². The minimum absolute atomic E-state index is 0.697. The lowest BCUT2D eigenvalue weighted by Gasteiger charge is -2.56. The number of carbonyl (C=O) groups is 4. The molecule has 1 rings (SSSR count). The maximum absolute atomic E-state index is 12.1. The van der Waals surface area contributed by atoms with E-state index < -0.39 is 57.8 Å². The van der Waals surface area contributed by atoms with Crippen LogP contribution in [0.1, 0.15) is 27.7 Å². The summed E-state index contributed by atoms with van der Waals surface area (Å²) in [6.45, 7) is 2.86. The van der Waals surface area contributed by atoms with Gasteiger partial charge in [0.1, 0.15) is 12.7 Å². The van der Waals surface area contributed by atoms with Crippen molar-refractivity contribution in [3.63, 3.8) is 0 Å². The van der Waals surface area contributed by atoms with Gasteiger partial charge in [0.2, 0.25) is 5.60 Å². The molecule has 0 amide bonds. The Morgan fingerprint density at radius 3 is 1.75 bits per heavy atom. The average molecular weight is 411 g/mol. The Kier molecular flexibility index (Phi) is 5.73. The summed E-state index contributed by atoms with van der Waals surface area (Å²) in [5, 5.41) is 30.8. The normalized spacial score (nSPS) is 39.2. The van der Waals surface area contributed by atoms with Gasteiger partial charge in [0.15, 0.2) is 33.6 Å². The Labute approximate surface area is 146 Å². The molecule has 1 aliphatic rings. The van der Waals surface area contributed by atoms with Crippen LogP contribution >= 0.6 is 15.9 Å². The number of alkyl halides is 1. The Morgan fingerprint density at radius 1 is 0.958 bits per heavy atom. The zero-order chi connectivity index (χ0) is 19.1. The van der Waals surface area contributed by atoms with Crippen molar-refractivity contribution in [3.8, 4) is 0 Å². The minimum Gasteiger partial charge on any atom is -0.463 e. The van der Waals surface area contributed by atoms with Crippen molar-refractivity contribution in [2.24, 2.45) is 0 Å². The lowest BCUT2D eigenvalue weighted by molar-refractivity contribution is -0.305. The predicted octanol–water partition coefficient (Wildman–Crippen LogP) is -1.37. The van der Waals surface area contributed by atoms with Crippen molar-refractivity contribution < 1.29 is 44.0 Å².